The van der Waals surface area contributed by atoms with Crippen LogP contribution in [0, 0.1) is 10.1 Å². The van der Waals surface area contributed by atoms with Gasteiger partial charge >= 0.3 is 0 Å². The van der Waals surface area contributed by atoms with Gasteiger partial charge in [-0.2, -0.15) is 0 Å². The smallest absolute Gasteiger partial charge is 0.295 e. The summed E-state index contributed by atoms with van der Waals surface area (Å²) in [4.78, 5) is 22.0. The minimum Gasteiger partial charge on any atom is -0.415 e. The second kappa shape index (κ2) is 10.5. The number of benzene rings is 2. The molecule has 1 amide bonds. The molecular weight excluding hydrogens is 476 g/mol. The number of nitro benzene ring substituents is 1. The summed E-state index contributed by atoms with van der Waals surface area (Å²) in [6, 6.07) is 9.67. The van der Waals surface area contributed by atoms with Gasteiger partial charge in [0.25, 0.3) is 15.7 Å². The Hall–Kier alpha value is -2.96. The maximum Gasteiger partial charge on any atom is 0.295 e. The summed E-state index contributed by atoms with van der Waals surface area (Å²) >= 11 is 0. The average molecular weight is 509 g/mol. The largest absolute Gasteiger partial charge is 0.415 e. The molecule has 0 aliphatic rings. The number of amides is 1. The molecule has 0 aliphatic heterocycles. The van der Waals surface area contributed by atoms with Crippen LogP contribution in [0.15, 0.2) is 47.4 Å². The van der Waals surface area contributed by atoms with Crippen LogP contribution in [0.3, 0.4) is 0 Å². The van der Waals surface area contributed by atoms with Crippen LogP contribution in [-0.4, -0.2) is 40.7 Å². The molecule has 0 aliphatic carbocycles. The fourth-order valence-electron chi connectivity index (χ4n) is 2.72. The Morgan fingerprint density at radius 1 is 1.09 bits per heavy atom. The summed E-state index contributed by atoms with van der Waals surface area (Å²) in [6.07, 6.45) is 0. The van der Waals surface area contributed by atoms with Gasteiger partial charge in [-0.15, -0.1) is 0 Å². The van der Waals surface area contributed by atoms with Gasteiger partial charge in [-0.1, -0.05) is 20.8 Å². The first-order chi connectivity index (χ1) is 15.6. The molecule has 12 heteroatoms. The number of nitro groups is 1. The van der Waals surface area contributed by atoms with Gasteiger partial charge in [-0.25, -0.2) is 8.42 Å². The summed E-state index contributed by atoms with van der Waals surface area (Å²) in [5, 5.41) is 17.3. The molecule has 34 heavy (non-hydrogen) atoms. The predicted octanol–water partition coefficient (Wildman–Crippen LogP) is 4.79. The van der Waals surface area contributed by atoms with Crippen LogP contribution in [0.5, 0.6) is 0 Å². The van der Waals surface area contributed by atoms with Gasteiger partial charge in [0.2, 0.25) is 5.91 Å². The molecule has 10 nitrogen and oxygen atoms in total. The highest BCUT2D eigenvalue weighted by atomic mass is 32.2. The fraction of sp³-hybridized carbons (Fsp3) is 0.409. The highest BCUT2D eigenvalue weighted by Gasteiger charge is 2.36. The van der Waals surface area contributed by atoms with Crippen LogP contribution < -0.4 is 15.4 Å². The van der Waals surface area contributed by atoms with Crippen LogP contribution in [-0.2, 0) is 19.2 Å². The molecule has 0 radical (unpaired) electrons. The van der Waals surface area contributed by atoms with Gasteiger partial charge in [-0.3, -0.25) is 19.6 Å². The Balaban J connectivity index is 2.12. The number of hydrogen-bond donors (Lipinski definition) is 3. The number of anilines is 3. The Kier molecular flexibility index (Phi) is 8.45. The highest BCUT2D eigenvalue weighted by molar-refractivity contribution is 7.92. The molecule has 2 rings (SSSR count). The number of carbonyl (C=O) groups is 1. The van der Waals surface area contributed by atoms with E-state index in [9.17, 15) is 23.3 Å². The van der Waals surface area contributed by atoms with Crippen LogP contribution >= 0.6 is 0 Å². The molecule has 2 aromatic carbocycles. The first-order valence-corrected chi connectivity index (χ1v) is 15.1. The molecule has 0 saturated heterocycles. The second-order valence-electron chi connectivity index (χ2n) is 9.34. The topological polar surface area (TPSA) is 140 Å². The monoisotopic (exact) mass is 508 g/mol. The van der Waals surface area contributed by atoms with E-state index in [1.165, 1.54) is 43.3 Å². The molecule has 0 aromatic heterocycles. The summed E-state index contributed by atoms with van der Waals surface area (Å²) in [6.45, 7) is 13.0. The standard InChI is InChI=1S/C22H32N4O6SSi/c1-16(27)24-17-7-10-19(11-8-17)33(30,31)25-20-12-9-18(15-21(20)26(28)29)23-13-14-32-34(5,6)22(2,3)4/h7-12,15,23,25H,13-14H2,1-6H3,(H,24,27). The number of carbonyl (C=O) groups excluding carboxylic acids is 1. The zero-order valence-electron chi connectivity index (χ0n) is 20.3. The summed E-state index contributed by atoms with van der Waals surface area (Å²) in [5.74, 6) is -0.287. The van der Waals surface area contributed by atoms with Crippen LogP contribution in [0.2, 0.25) is 18.1 Å². The molecule has 3 N–H and O–H groups in total. The van der Waals surface area contributed by atoms with Gasteiger partial charge in [0.15, 0.2) is 8.32 Å². The lowest BCUT2D eigenvalue weighted by Gasteiger charge is -2.36. The maximum absolute atomic E-state index is 12.7. The zero-order valence-corrected chi connectivity index (χ0v) is 22.1. The van der Waals surface area contributed by atoms with Gasteiger partial charge < -0.3 is 15.1 Å². The van der Waals surface area contributed by atoms with E-state index in [0.29, 0.717) is 24.5 Å². The van der Waals surface area contributed by atoms with Crippen molar-refractivity contribution in [1.29, 1.82) is 0 Å². The summed E-state index contributed by atoms with van der Waals surface area (Å²) in [5.41, 5.74) is 0.381. The molecule has 0 heterocycles. The highest BCUT2D eigenvalue weighted by Crippen LogP contribution is 2.36. The molecule has 0 fully saturated rings. The van der Waals surface area contributed by atoms with Crippen molar-refractivity contribution in [3.8, 4) is 0 Å². The molecule has 2 aromatic rings. The van der Waals surface area contributed by atoms with Gasteiger partial charge in [0.05, 0.1) is 16.4 Å². The number of hydrogen-bond acceptors (Lipinski definition) is 7. The fourth-order valence-corrected chi connectivity index (χ4v) is 4.84. The van der Waals surface area contributed by atoms with E-state index in [2.05, 4.69) is 49.2 Å². The summed E-state index contributed by atoms with van der Waals surface area (Å²) in [7, 11) is -5.98. The van der Waals surface area contributed by atoms with E-state index in [-0.39, 0.29) is 27.2 Å². The minimum atomic E-state index is -4.08. The number of nitrogens with one attached hydrogen (secondary N) is 3. The van der Waals surface area contributed by atoms with Gasteiger partial charge in [-0.05, 0) is 54.5 Å². The molecular formula is C22H32N4O6SSi. The van der Waals surface area contributed by atoms with Crippen molar-refractivity contribution in [3.05, 3.63) is 52.6 Å². The van der Waals surface area contributed by atoms with E-state index in [0.717, 1.165) is 0 Å². The second-order valence-corrected chi connectivity index (χ2v) is 15.8. The van der Waals surface area contributed by atoms with E-state index in [1.54, 1.807) is 6.07 Å². The van der Waals surface area contributed by atoms with E-state index in [4.69, 9.17) is 4.43 Å². The molecule has 0 bridgehead atoms. The minimum absolute atomic E-state index is 0.0782. The molecule has 0 unspecified atom stereocenters. The Morgan fingerprint density at radius 3 is 2.21 bits per heavy atom. The van der Waals surface area contributed by atoms with Crippen molar-refractivity contribution in [3.63, 3.8) is 0 Å². The predicted molar refractivity (Wildman–Crippen MR) is 136 cm³/mol. The Labute approximate surface area is 201 Å². The van der Waals surface area contributed by atoms with Crippen LogP contribution in [0.1, 0.15) is 27.7 Å². The maximum atomic E-state index is 12.7. The SMILES string of the molecule is CC(=O)Nc1ccc(S(=O)(=O)Nc2ccc(NCCO[Si](C)(C)C(C)(C)C)cc2[N+](=O)[O-])cc1. The Morgan fingerprint density at radius 2 is 1.68 bits per heavy atom. The third-order valence-electron chi connectivity index (χ3n) is 5.62. The zero-order chi connectivity index (χ0) is 25.7. The lowest BCUT2D eigenvalue weighted by molar-refractivity contribution is -0.383. The molecule has 186 valence electrons. The first-order valence-electron chi connectivity index (χ1n) is 10.7. The lowest BCUT2D eigenvalue weighted by Crippen LogP contribution is -2.41. The van der Waals surface area contributed by atoms with E-state index in [1.807, 2.05) is 0 Å². The molecule has 0 saturated carbocycles. The third-order valence-corrected chi connectivity index (χ3v) is 11.5. The van der Waals surface area contributed by atoms with Gasteiger partial charge in [0, 0.05) is 30.9 Å². The van der Waals surface area contributed by atoms with Crippen molar-refractivity contribution in [2.24, 2.45) is 0 Å². The normalized spacial score (nSPS) is 12.2. The lowest BCUT2D eigenvalue weighted by atomic mass is 10.2. The third kappa shape index (κ3) is 7.27. The first kappa shape index (κ1) is 27.3. The van der Waals surface area contributed by atoms with E-state index < -0.39 is 23.3 Å². The number of rotatable bonds is 10. The van der Waals surface area contributed by atoms with Crippen molar-refractivity contribution < 1.29 is 22.6 Å². The number of sulfonamides is 1. The van der Waals surface area contributed by atoms with Crippen molar-refractivity contribution in [2.45, 2.75) is 50.7 Å². The van der Waals surface area contributed by atoms with Crippen molar-refractivity contribution >= 4 is 47.0 Å². The summed E-state index contributed by atoms with van der Waals surface area (Å²) < 4.78 is 33.8. The Bertz CT molecular complexity index is 1140. The number of nitrogens with zero attached hydrogens (tertiary/aromatic N) is 1. The van der Waals surface area contributed by atoms with Crippen molar-refractivity contribution in [1.82, 2.24) is 0 Å². The van der Waals surface area contributed by atoms with E-state index >= 15 is 0 Å². The molecule has 0 atom stereocenters. The quantitative estimate of drug-likeness (QED) is 0.181. The van der Waals surface area contributed by atoms with Crippen LogP contribution in [0.25, 0.3) is 0 Å². The van der Waals surface area contributed by atoms with Gasteiger partial charge in [0.1, 0.15) is 5.69 Å². The van der Waals surface area contributed by atoms with Crippen molar-refractivity contribution in [2.75, 3.05) is 28.5 Å². The molecule has 0 spiro atoms. The van der Waals surface area contributed by atoms with Crippen LogP contribution in [0.4, 0.5) is 22.7 Å². The average Bonchev–Trinajstić information content (AvgIpc) is 2.71.